The second-order valence-electron chi connectivity index (χ2n) is 10.9. The first-order valence-electron chi connectivity index (χ1n) is 14.7. The molecule has 2 amide bonds. The Morgan fingerprint density at radius 2 is 1.91 bits per heavy atom. The van der Waals surface area contributed by atoms with Crippen molar-refractivity contribution in [1.82, 2.24) is 15.2 Å². The molecule has 4 N–H and O–H groups in total. The van der Waals surface area contributed by atoms with Crippen LogP contribution in [-0.4, -0.2) is 74.8 Å². The van der Waals surface area contributed by atoms with Crippen LogP contribution >= 0.6 is 23.1 Å². The minimum Gasteiger partial charge on any atom is -0.492 e. The first-order valence-corrected chi connectivity index (χ1v) is 16.5. The zero-order chi connectivity index (χ0) is 32.2. The molecule has 0 spiro atoms. The summed E-state index contributed by atoms with van der Waals surface area (Å²) < 4.78 is 7.62. The number of fused-ring (bicyclic) bond motifs is 1. The van der Waals surface area contributed by atoms with Crippen LogP contribution in [0.4, 0.5) is 5.13 Å². The molecule has 1 aromatic carbocycles. The van der Waals surface area contributed by atoms with Crippen molar-refractivity contribution in [2.45, 2.75) is 55.3 Å². The molecule has 13 nitrogen and oxygen atoms in total. The number of thioether (sulfide) groups is 1. The number of hydrogen-bond acceptors (Lipinski definition) is 11. The van der Waals surface area contributed by atoms with E-state index in [1.165, 1.54) is 18.0 Å². The average molecular weight is 664 g/mol. The van der Waals surface area contributed by atoms with Crippen molar-refractivity contribution < 1.29 is 38.4 Å². The largest absolute Gasteiger partial charge is 0.492 e. The smallest absolute Gasteiger partial charge is 0.356 e. The maximum Gasteiger partial charge on any atom is 0.356 e. The van der Waals surface area contributed by atoms with E-state index >= 15 is 0 Å². The number of nitrogens with zero attached hydrogens (tertiary/aromatic N) is 4. The fourth-order valence-electron chi connectivity index (χ4n) is 5.47. The first kappa shape index (κ1) is 31.2. The van der Waals surface area contributed by atoms with Gasteiger partial charge in [0.05, 0.1) is 10.6 Å². The molecule has 0 radical (unpaired) electrons. The normalized spacial score (nSPS) is 19.7. The van der Waals surface area contributed by atoms with E-state index in [0.29, 0.717) is 10.4 Å². The number of aliphatic carboxylic acids is 1. The molecule has 2 aliphatic heterocycles. The molecule has 46 heavy (non-hydrogen) atoms. The average Bonchev–Trinajstić information content (AvgIpc) is 3.75. The van der Waals surface area contributed by atoms with Crippen molar-refractivity contribution in [3.8, 4) is 0 Å². The Hall–Kier alpha value is -4.76. The van der Waals surface area contributed by atoms with E-state index in [4.69, 9.17) is 15.3 Å². The highest BCUT2D eigenvalue weighted by molar-refractivity contribution is 7.99. The van der Waals surface area contributed by atoms with Crippen molar-refractivity contribution in [3.63, 3.8) is 0 Å². The van der Waals surface area contributed by atoms with Gasteiger partial charge in [0.1, 0.15) is 30.6 Å². The minimum absolute atomic E-state index is 0.00168. The summed E-state index contributed by atoms with van der Waals surface area (Å²) in [4.78, 5) is 63.4. The van der Waals surface area contributed by atoms with Crippen molar-refractivity contribution in [1.29, 1.82) is 0 Å². The topological polar surface area (TPSA) is 177 Å². The van der Waals surface area contributed by atoms with Gasteiger partial charge in [0.2, 0.25) is 12.3 Å². The lowest BCUT2D eigenvalue weighted by Crippen LogP contribution is -2.73. The van der Waals surface area contributed by atoms with Crippen molar-refractivity contribution in [2.75, 3.05) is 18.1 Å². The second-order valence-corrected chi connectivity index (χ2v) is 13.0. The van der Waals surface area contributed by atoms with E-state index in [0.717, 1.165) is 46.8 Å². The van der Waals surface area contributed by atoms with Crippen LogP contribution in [-0.2, 0) is 30.5 Å². The van der Waals surface area contributed by atoms with Gasteiger partial charge >= 0.3 is 5.97 Å². The zero-order valence-electron chi connectivity index (χ0n) is 24.5. The number of carboxylic acid groups (broad SMARTS) is 1. The molecule has 0 bridgehead atoms. The Kier molecular flexibility index (Phi) is 9.30. The standard InChI is InChI=1S/C31H30N6O7S2/c32-31-33-14-24(46-31)26(35-44-19-8-4-5-9-19)28(39)34-25-21-16-43-23(27(30(41)42)37(21)29(25)40)17-45-20-10-12-36(13-11-20)15-22(38)18-6-2-1-3-7-18/h1-3,6-7,10-14,19,21,25H,4-5,8-9,15-17H2,(H3-,32,33,34,35,39,41,42)/p+1/t21-,25+/m1/s1. The summed E-state index contributed by atoms with van der Waals surface area (Å²) in [6.07, 6.45) is 8.58. The SMILES string of the molecule is Nc1ncc(C(=NOC2CCCC2)C(=O)N[C@@H]2C(=O)N3C(C(=O)O)=C(CSc4cc[n+](CC(=O)c5ccccc5)cc4)OC[C@H]23)s1. The number of ether oxygens (including phenoxy) is 1. The highest BCUT2D eigenvalue weighted by atomic mass is 32.2. The number of thiazole rings is 1. The molecule has 2 atom stereocenters. The molecule has 3 aromatic rings. The van der Waals surface area contributed by atoms with Crippen LogP contribution in [0, 0.1) is 0 Å². The number of rotatable bonds is 12. The third-order valence-electron chi connectivity index (χ3n) is 7.86. The van der Waals surface area contributed by atoms with E-state index in [2.05, 4.69) is 15.5 Å². The third-order valence-corrected chi connectivity index (χ3v) is 9.71. The predicted molar refractivity (Wildman–Crippen MR) is 168 cm³/mol. The summed E-state index contributed by atoms with van der Waals surface area (Å²) in [6, 6.07) is 10.9. The lowest BCUT2D eigenvalue weighted by molar-refractivity contribution is -0.683. The van der Waals surface area contributed by atoms with Gasteiger partial charge in [0, 0.05) is 28.8 Å². The Bertz CT molecular complexity index is 1700. The summed E-state index contributed by atoms with van der Waals surface area (Å²) >= 11 is 2.40. The first-order chi connectivity index (χ1) is 22.3. The predicted octanol–water partition coefficient (Wildman–Crippen LogP) is 2.37. The van der Waals surface area contributed by atoms with E-state index in [9.17, 15) is 24.3 Å². The number of nitrogens with one attached hydrogen (secondary N) is 1. The number of aromatic nitrogens is 2. The Balaban J connectivity index is 1.10. The number of benzene rings is 1. The highest BCUT2D eigenvalue weighted by Gasteiger charge is 2.55. The maximum absolute atomic E-state index is 13.3. The number of carbonyl (C=O) groups excluding carboxylic acids is 3. The van der Waals surface area contributed by atoms with Crippen LogP contribution in [0.15, 0.2) is 82.6 Å². The third kappa shape index (κ3) is 6.74. The molecular weight excluding hydrogens is 633 g/mol. The summed E-state index contributed by atoms with van der Waals surface area (Å²) in [5, 5.41) is 17.1. The number of β-lactam (4-membered cyclic amide) rings is 1. The molecular formula is C31H31N6O7S2+. The summed E-state index contributed by atoms with van der Waals surface area (Å²) in [5.74, 6) is -2.25. The van der Waals surface area contributed by atoms with Gasteiger partial charge in [0.25, 0.3) is 11.8 Å². The van der Waals surface area contributed by atoms with Gasteiger partial charge in [-0.05, 0) is 25.7 Å². The zero-order valence-corrected chi connectivity index (χ0v) is 26.2. The molecule has 6 rings (SSSR count). The van der Waals surface area contributed by atoms with Gasteiger partial charge in [-0.3, -0.25) is 19.3 Å². The van der Waals surface area contributed by atoms with Crippen molar-refractivity contribution >= 4 is 57.5 Å². The number of Topliss-reactive ketones (excluding diaryl/α,β-unsaturated/α-hetero) is 1. The number of nitrogen functional groups attached to an aromatic ring is 1. The summed E-state index contributed by atoms with van der Waals surface area (Å²) in [5.41, 5.74) is 6.09. The van der Waals surface area contributed by atoms with E-state index in [-0.39, 0.29) is 53.1 Å². The molecule has 3 aliphatic rings. The van der Waals surface area contributed by atoms with E-state index in [1.807, 2.05) is 30.3 Å². The molecule has 238 valence electrons. The van der Waals surface area contributed by atoms with Crippen molar-refractivity contribution in [2.24, 2.45) is 5.16 Å². The van der Waals surface area contributed by atoms with Crippen molar-refractivity contribution in [3.05, 3.63) is 83.0 Å². The molecule has 0 unspecified atom stereocenters. The van der Waals surface area contributed by atoms with Gasteiger partial charge < -0.3 is 25.7 Å². The molecule has 2 aromatic heterocycles. The molecule has 2 fully saturated rings. The Labute approximate surface area is 272 Å². The molecule has 15 heteroatoms. The monoisotopic (exact) mass is 663 g/mol. The van der Waals surface area contributed by atoms with Crippen LogP contribution in [0.3, 0.4) is 0 Å². The van der Waals surface area contributed by atoms with Crippen LogP contribution in [0.2, 0.25) is 0 Å². The molecule has 1 saturated heterocycles. The molecule has 4 heterocycles. The number of hydrogen-bond donors (Lipinski definition) is 3. The molecule has 1 saturated carbocycles. The van der Waals surface area contributed by atoms with E-state index in [1.54, 1.807) is 29.1 Å². The molecule has 1 aliphatic carbocycles. The second kappa shape index (κ2) is 13.7. The summed E-state index contributed by atoms with van der Waals surface area (Å²) in [6.45, 7) is 0.181. The van der Waals surface area contributed by atoms with Crippen LogP contribution in [0.5, 0.6) is 0 Å². The number of amides is 2. The van der Waals surface area contributed by atoms with Gasteiger partial charge in [0.15, 0.2) is 28.9 Å². The fourth-order valence-corrected chi connectivity index (χ4v) is 6.97. The fraction of sp³-hybridized carbons (Fsp3) is 0.323. The number of carbonyl (C=O) groups is 4. The van der Waals surface area contributed by atoms with Crippen LogP contribution in [0.25, 0.3) is 0 Å². The van der Waals surface area contributed by atoms with Gasteiger partial charge in [-0.15, -0.1) is 11.8 Å². The van der Waals surface area contributed by atoms with Gasteiger partial charge in [-0.25, -0.2) is 9.78 Å². The van der Waals surface area contributed by atoms with Crippen LogP contribution < -0.4 is 15.6 Å². The number of oxime groups is 1. The van der Waals surface area contributed by atoms with Crippen LogP contribution in [0.1, 0.15) is 40.9 Å². The van der Waals surface area contributed by atoms with Gasteiger partial charge in [-0.1, -0.05) is 46.8 Å². The number of pyridine rings is 1. The number of anilines is 1. The lowest BCUT2D eigenvalue weighted by Gasteiger charge is -2.49. The van der Waals surface area contributed by atoms with Gasteiger partial charge in [-0.2, -0.15) is 4.57 Å². The minimum atomic E-state index is -1.31. The Morgan fingerprint density at radius 1 is 1.17 bits per heavy atom. The highest BCUT2D eigenvalue weighted by Crippen LogP contribution is 2.35. The lowest BCUT2D eigenvalue weighted by atomic mass is 9.92. The summed E-state index contributed by atoms with van der Waals surface area (Å²) in [7, 11) is 0. The Morgan fingerprint density at radius 3 is 2.59 bits per heavy atom. The van der Waals surface area contributed by atoms with E-state index < -0.39 is 29.9 Å². The maximum atomic E-state index is 13.3. The quantitative estimate of drug-likeness (QED) is 0.0651. The number of ketones is 1. The number of carboxylic acids is 1. The number of nitrogens with two attached hydrogens (primary N) is 1.